The molecule has 0 radical (unpaired) electrons. The van der Waals surface area contributed by atoms with Gasteiger partial charge in [-0.25, -0.2) is 12.7 Å². The second-order valence-electron chi connectivity index (χ2n) is 5.63. The molecule has 2 fully saturated rings. The molecule has 0 aromatic rings. The molecule has 0 spiro atoms. The van der Waals surface area contributed by atoms with Crippen LogP contribution in [0.1, 0.15) is 46.0 Å². The summed E-state index contributed by atoms with van der Waals surface area (Å²) in [6, 6.07) is 0. The molecule has 0 atom stereocenters. The molecule has 5 nitrogen and oxygen atoms in total. The number of carbonyl (C=O) groups excluding carboxylic acids is 2. The first-order valence-corrected chi connectivity index (χ1v) is 7.82. The molecule has 1 heterocycles. The summed E-state index contributed by atoms with van der Waals surface area (Å²) in [4.78, 5) is 23.7. The van der Waals surface area contributed by atoms with Crippen LogP contribution < -0.4 is 0 Å². The zero-order valence-corrected chi connectivity index (χ0v) is 11.6. The number of hydrogen-bond acceptors (Lipinski definition) is 4. The highest BCUT2D eigenvalue weighted by Gasteiger charge is 2.60. The van der Waals surface area contributed by atoms with Gasteiger partial charge >= 0.3 is 0 Å². The van der Waals surface area contributed by atoms with E-state index in [1.165, 1.54) is 13.8 Å². The van der Waals surface area contributed by atoms with Crippen LogP contribution in [0.5, 0.6) is 0 Å². The lowest BCUT2D eigenvalue weighted by atomic mass is 9.86. The van der Waals surface area contributed by atoms with Crippen LogP contribution >= 0.6 is 0 Å². The highest BCUT2D eigenvalue weighted by molar-refractivity contribution is 7.94. The monoisotopic (exact) mass is 273 g/mol. The van der Waals surface area contributed by atoms with Gasteiger partial charge in [0.15, 0.2) is 10.5 Å². The lowest BCUT2D eigenvalue weighted by Gasteiger charge is -2.43. The van der Waals surface area contributed by atoms with Crippen molar-refractivity contribution >= 4 is 21.7 Å². The summed E-state index contributed by atoms with van der Waals surface area (Å²) in [7, 11) is -3.62. The van der Waals surface area contributed by atoms with E-state index in [9.17, 15) is 18.0 Å². The van der Waals surface area contributed by atoms with Crippen molar-refractivity contribution in [3.05, 3.63) is 0 Å². The van der Waals surface area contributed by atoms with Crippen molar-refractivity contribution in [2.75, 3.05) is 6.54 Å². The fourth-order valence-electron chi connectivity index (χ4n) is 2.61. The molecule has 18 heavy (non-hydrogen) atoms. The third-order valence-electron chi connectivity index (χ3n) is 4.04. The van der Waals surface area contributed by atoms with Gasteiger partial charge in [0, 0.05) is 5.92 Å². The molecule has 6 heteroatoms. The van der Waals surface area contributed by atoms with Gasteiger partial charge in [-0.3, -0.25) is 9.59 Å². The van der Waals surface area contributed by atoms with Gasteiger partial charge in [-0.2, -0.15) is 0 Å². The quantitative estimate of drug-likeness (QED) is 0.771. The van der Waals surface area contributed by atoms with Crippen molar-refractivity contribution in [3.63, 3.8) is 0 Å². The Morgan fingerprint density at radius 1 is 1.28 bits per heavy atom. The molecule has 0 bridgehead atoms. The third-order valence-corrected chi connectivity index (χ3v) is 6.38. The number of sulfonamides is 1. The topological polar surface area (TPSA) is 71.5 Å². The molecule has 2 rings (SSSR count). The van der Waals surface area contributed by atoms with Crippen LogP contribution in [-0.2, 0) is 19.6 Å². The van der Waals surface area contributed by atoms with E-state index in [1.54, 1.807) is 0 Å². The van der Waals surface area contributed by atoms with E-state index >= 15 is 0 Å². The van der Waals surface area contributed by atoms with E-state index in [0.717, 1.165) is 36.4 Å². The van der Waals surface area contributed by atoms with Crippen molar-refractivity contribution in [1.29, 1.82) is 0 Å². The highest BCUT2D eigenvalue weighted by Crippen LogP contribution is 2.35. The normalized spacial score (nSPS) is 26.8. The fraction of sp³-hybridized carbons (Fsp3) is 0.833. The Balaban J connectivity index is 2.03. The minimum absolute atomic E-state index is 0.0644. The fourth-order valence-corrected chi connectivity index (χ4v) is 4.10. The third kappa shape index (κ3) is 1.86. The van der Waals surface area contributed by atoms with E-state index in [2.05, 4.69) is 0 Å². The maximum Gasteiger partial charge on any atom is 0.259 e. The van der Waals surface area contributed by atoms with Gasteiger partial charge < -0.3 is 0 Å². The van der Waals surface area contributed by atoms with Crippen molar-refractivity contribution in [2.45, 2.75) is 50.7 Å². The lowest BCUT2D eigenvalue weighted by molar-refractivity contribution is -0.136. The summed E-state index contributed by atoms with van der Waals surface area (Å²) >= 11 is 0. The summed E-state index contributed by atoms with van der Waals surface area (Å²) in [6.07, 6.45) is 4.82. The van der Waals surface area contributed by atoms with Crippen LogP contribution in [0.2, 0.25) is 0 Å². The minimum Gasteiger partial charge on any atom is -0.297 e. The average molecular weight is 273 g/mol. The van der Waals surface area contributed by atoms with E-state index in [4.69, 9.17) is 0 Å². The molecular formula is C12H19NO4S. The number of amides is 1. The molecule has 102 valence electrons. The minimum atomic E-state index is -3.62. The lowest BCUT2D eigenvalue weighted by Crippen LogP contribution is -2.68. The van der Waals surface area contributed by atoms with Gasteiger partial charge in [0.1, 0.15) is 0 Å². The maximum absolute atomic E-state index is 12.0. The summed E-state index contributed by atoms with van der Waals surface area (Å²) in [5.74, 6) is -0.640. The Morgan fingerprint density at radius 3 is 2.33 bits per heavy atom. The van der Waals surface area contributed by atoms with Gasteiger partial charge in [0.2, 0.25) is 0 Å². The summed E-state index contributed by atoms with van der Waals surface area (Å²) < 4.78 is 23.1. The summed E-state index contributed by atoms with van der Waals surface area (Å²) in [5, 5.41) is 0. The van der Waals surface area contributed by atoms with E-state index in [0.29, 0.717) is 0 Å². The van der Waals surface area contributed by atoms with E-state index in [1.807, 2.05) is 0 Å². The summed E-state index contributed by atoms with van der Waals surface area (Å²) in [6.45, 7) is 2.49. The first-order chi connectivity index (χ1) is 8.28. The Labute approximate surface area is 108 Å². The Hall–Kier alpha value is -0.910. The Kier molecular flexibility index (Phi) is 3.25. The number of Topliss-reactive ketones (excluding diaryl/α,β-unsaturated/α-hetero) is 1. The molecule has 1 saturated heterocycles. The number of ketones is 1. The van der Waals surface area contributed by atoms with Gasteiger partial charge in [0.25, 0.3) is 15.9 Å². The maximum atomic E-state index is 12.0. The summed E-state index contributed by atoms with van der Waals surface area (Å²) in [5.41, 5.74) is 0. The van der Waals surface area contributed by atoms with Crippen LogP contribution in [0.25, 0.3) is 0 Å². The molecule has 0 N–H and O–H groups in total. The molecule has 1 aliphatic carbocycles. The second kappa shape index (κ2) is 4.33. The molecule has 1 amide bonds. The van der Waals surface area contributed by atoms with E-state index in [-0.39, 0.29) is 18.2 Å². The number of hydrogen-bond donors (Lipinski definition) is 0. The molecule has 0 aromatic carbocycles. The van der Waals surface area contributed by atoms with Crippen LogP contribution in [0.15, 0.2) is 0 Å². The predicted octanol–water partition coefficient (Wildman–Crippen LogP) is 1.09. The van der Waals surface area contributed by atoms with Crippen LogP contribution in [0.4, 0.5) is 0 Å². The largest absolute Gasteiger partial charge is 0.297 e. The van der Waals surface area contributed by atoms with Crippen molar-refractivity contribution in [3.8, 4) is 0 Å². The molecule has 0 aromatic heterocycles. The Bertz CT molecular complexity index is 474. The van der Waals surface area contributed by atoms with Crippen LogP contribution in [0.3, 0.4) is 0 Å². The van der Waals surface area contributed by atoms with Crippen molar-refractivity contribution in [2.24, 2.45) is 5.92 Å². The SMILES string of the molecule is CC1(C)C(=O)N(CC(=O)C2CCCCC2)S1(=O)=O. The number of rotatable bonds is 3. The zero-order valence-electron chi connectivity index (χ0n) is 10.8. The van der Waals surface area contributed by atoms with Crippen LogP contribution in [0, 0.1) is 5.92 Å². The predicted molar refractivity (Wildman–Crippen MR) is 66.3 cm³/mol. The second-order valence-corrected chi connectivity index (χ2v) is 8.04. The molecular weight excluding hydrogens is 254 g/mol. The Morgan fingerprint density at radius 2 is 1.83 bits per heavy atom. The van der Waals surface area contributed by atoms with Gasteiger partial charge in [-0.15, -0.1) is 0 Å². The first-order valence-electron chi connectivity index (χ1n) is 6.38. The molecule has 2 aliphatic rings. The van der Waals surface area contributed by atoms with Gasteiger partial charge in [-0.1, -0.05) is 19.3 Å². The van der Waals surface area contributed by atoms with E-state index < -0.39 is 20.7 Å². The smallest absolute Gasteiger partial charge is 0.259 e. The molecule has 1 aliphatic heterocycles. The first kappa shape index (κ1) is 13.5. The van der Waals surface area contributed by atoms with Crippen molar-refractivity contribution < 1.29 is 18.0 Å². The van der Waals surface area contributed by atoms with Gasteiger partial charge in [0.05, 0.1) is 6.54 Å². The highest BCUT2D eigenvalue weighted by atomic mass is 32.2. The van der Waals surface area contributed by atoms with Gasteiger partial charge in [-0.05, 0) is 26.7 Å². The number of nitrogens with zero attached hydrogens (tertiary/aromatic N) is 1. The van der Waals surface area contributed by atoms with Crippen molar-refractivity contribution in [1.82, 2.24) is 4.31 Å². The molecule has 0 unspecified atom stereocenters. The average Bonchev–Trinajstić information content (AvgIpc) is 2.35. The standard InChI is InChI=1S/C12H19NO4S/c1-12(2)11(15)13(18(12,16)17)8-10(14)9-6-4-3-5-7-9/h9H,3-8H2,1-2H3. The molecule has 1 saturated carbocycles. The zero-order chi connectivity index (χ0) is 13.6. The van der Waals surface area contributed by atoms with Crippen LogP contribution in [-0.4, -0.2) is 35.7 Å². The number of carbonyl (C=O) groups is 2.